The van der Waals surface area contributed by atoms with Crippen LogP contribution in [0.15, 0.2) is 66.7 Å². The normalized spacial score (nSPS) is 11.3. The van der Waals surface area contributed by atoms with E-state index in [4.69, 9.17) is 0 Å². The first-order chi connectivity index (χ1) is 11.4. The summed E-state index contributed by atoms with van der Waals surface area (Å²) < 4.78 is 38.1. The Hall–Kier alpha value is -2.60. The Morgan fingerprint density at radius 3 is 2.38 bits per heavy atom. The summed E-state index contributed by atoms with van der Waals surface area (Å²) in [7, 11) is 0. The van der Waals surface area contributed by atoms with Crippen LogP contribution in [-0.2, 0) is 6.18 Å². The number of anilines is 1. The van der Waals surface area contributed by atoms with Crippen molar-refractivity contribution in [3.63, 3.8) is 0 Å². The molecule has 3 aromatic rings. The minimum absolute atomic E-state index is 0.115. The Bertz CT molecular complexity index is 856. The predicted octanol–water partition coefficient (Wildman–Crippen LogP) is 5.69. The van der Waals surface area contributed by atoms with Gasteiger partial charge in [-0.15, -0.1) is 11.3 Å². The van der Waals surface area contributed by atoms with Gasteiger partial charge in [-0.25, -0.2) is 0 Å². The lowest BCUT2D eigenvalue weighted by Gasteiger charge is -2.09. The van der Waals surface area contributed by atoms with Crippen LogP contribution in [0.3, 0.4) is 0 Å². The van der Waals surface area contributed by atoms with E-state index in [2.05, 4.69) is 5.32 Å². The quantitative estimate of drug-likeness (QED) is 0.648. The van der Waals surface area contributed by atoms with Gasteiger partial charge in [0.05, 0.1) is 10.4 Å². The van der Waals surface area contributed by atoms with E-state index >= 15 is 0 Å². The molecule has 0 fully saturated rings. The van der Waals surface area contributed by atoms with Crippen molar-refractivity contribution >= 4 is 22.9 Å². The lowest BCUT2D eigenvalue weighted by molar-refractivity contribution is -0.137. The zero-order chi connectivity index (χ0) is 17.2. The molecule has 0 saturated heterocycles. The third-order valence-corrected chi connectivity index (χ3v) is 4.47. The summed E-state index contributed by atoms with van der Waals surface area (Å²) in [6.07, 6.45) is -4.44. The van der Waals surface area contributed by atoms with E-state index in [1.165, 1.54) is 23.5 Å². The van der Waals surface area contributed by atoms with Crippen molar-refractivity contribution in [1.82, 2.24) is 0 Å². The Balaban J connectivity index is 1.78. The second kappa shape index (κ2) is 6.49. The molecular weight excluding hydrogens is 335 g/mol. The average Bonchev–Trinajstić information content (AvgIpc) is 3.05. The molecule has 0 aliphatic heterocycles. The van der Waals surface area contributed by atoms with Crippen LogP contribution in [0, 0.1) is 0 Å². The number of nitrogens with one attached hydrogen (secondary N) is 1. The molecule has 0 radical (unpaired) electrons. The fraction of sp³-hybridized carbons (Fsp3) is 0.0556. The molecule has 122 valence electrons. The summed E-state index contributed by atoms with van der Waals surface area (Å²) in [5.41, 5.74) is 0.307. The van der Waals surface area contributed by atoms with Gasteiger partial charge in [-0.05, 0) is 35.9 Å². The van der Waals surface area contributed by atoms with Gasteiger partial charge in [0.2, 0.25) is 0 Å². The molecule has 0 atom stereocenters. The molecule has 1 amide bonds. The summed E-state index contributed by atoms with van der Waals surface area (Å²) in [6.45, 7) is 0. The number of hydrogen-bond donors (Lipinski definition) is 1. The van der Waals surface area contributed by atoms with Crippen LogP contribution in [0.2, 0.25) is 0 Å². The van der Waals surface area contributed by atoms with Gasteiger partial charge in [-0.3, -0.25) is 4.79 Å². The van der Waals surface area contributed by atoms with Gasteiger partial charge in [0.1, 0.15) is 0 Å². The van der Waals surface area contributed by atoms with Crippen LogP contribution in [0.4, 0.5) is 18.9 Å². The SMILES string of the molecule is O=C(Nc1cccc(C(F)(F)F)c1)c1ccc(-c2ccccc2)s1. The topological polar surface area (TPSA) is 29.1 Å². The summed E-state index contributed by atoms with van der Waals surface area (Å²) in [4.78, 5) is 13.6. The highest BCUT2D eigenvalue weighted by Gasteiger charge is 2.30. The largest absolute Gasteiger partial charge is 0.416 e. The highest BCUT2D eigenvalue weighted by Crippen LogP contribution is 2.31. The number of halogens is 3. The summed E-state index contributed by atoms with van der Waals surface area (Å²) >= 11 is 1.29. The van der Waals surface area contributed by atoms with Gasteiger partial charge < -0.3 is 5.32 Å². The molecular formula is C18H12F3NOS. The summed E-state index contributed by atoms with van der Waals surface area (Å²) in [5.74, 6) is -0.429. The Labute approximate surface area is 140 Å². The van der Waals surface area contributed by atoms with Gasteiger partial charge in [-0.2, -0.15) is 13.2 Å². The Morgan fingerprint density at radius 2 is 1.67 bits per heavy atom. The molecule has 0 bridgehead atoms. The molecule has 0 aliphatic rings. The fourth-order valence-corrected chi connectivity index (χ4v) is 3.09. The fourth-order valence-electron chi connectivity index (χ4n) is 2.18. The van der Waals surface area contributed by atoms with Crippen LogP contribution in [0.25, 0.3) is 10.4 Å². The number of carbonyl (C=O) groups excluding carboxylic acids is 1. The van der Waals surface area contributed by atoms with E-state index in [0.717, 1.165) is 22.6 Å². The molecule has 0 unspecified atom stereocenters. The van der Waals surface area contributed by atoms with Crippen LogP contribution < -0.4 is 5.32 Å². The maximum absolute atomic E-state index is 12.7. The molecule has 0 saturated carbocycles. The molecule has 1 N–H and O–H groups in total. The molecule has 2 aromatic carbocycles. The molecule has 0 spiro atoms. The molecule has 1 aromatic heterocycles. The molecule has 0 aliphatic carbocycles. The maximum atomic E-state index is 12.7. The third-order valence-electron chi connectivity index (χ3n) is 3.34. The Kier molecular flexibility index (Phi) is 4.40. The van der Waals surface area contributed by atoms with E-state index in [-0.39, 0.29) is 5.69 Å². The van der Waals surface area contributed by atoms with Gasteiger partial charge >= 0.3 is 6.18 Å². The van der Waals surface area contributed by atoms with Gasteiger partial charge in [0.25, 0.3) is 5.91 Å². The van der Waals surface area contributed by atoms with Gasteiger partial charge in [0.15, 0.2) is 0 Å². The standard InChI is InChI=1S/C18H12F3NOS/c19-18(20,21)13-7-4-8-14(11-13)22-17(23)16-10-9-15(24-16)12-5-2-1-3-6-12/h1-11H,(H,22,23). The van der Waals surface area contributed by atoms with Crippen molar-refractivity contribution in [3.8, 4) is 10.4 Å². The lowest BCUT2D eigenvalue weighted by atomic mass is 10.2. The third kappa shape index (κ3) is 3.65. The van der Waals surface area contributed by atoms with Gasteiger partial charge in [-0.1, -0.05) is 36.4 Å². The van der Waals surface area contributed by atoms with Crippen molar-refractivity contribution in [2.75, 3.05) is 5.32 Å². The minimum atomic E-state index is -4.44. The number of rotatable bonds is 3. The number of alkyl halides is 3. The maximum Gasteiger partial charge on any atom is 0.416 e. The first-order valence-electron chi connectivity index (χ1n) is 7.07. The average molecular weight is 347 g/mol. The van der Waals surface area contributed by atoms with Crippen LogP contribution in [0.5, 0.6) is 0 Å². The second-order valence-corrected chi connectivity index (χ2v) is 6.15. The first kappa shape index (κ1) is 16.3. The highest BCUT2D eigenvalue weighted by atomic mass is 32.1. The highest BCUT2D eigenvalue weighted by molar-refractivity contribution is 7.17. The van der Waals surface area contributed by atoms with Crippen molar-refractivity contribution in [2.45, 2.75) is 6.18 Å². The van der Waals surface area contributed by atoms with E-state index in [0.29, 0.717) is 4.88 Å². The number of carbonyl (C=O) groups is 1. The lowest BCUT2D eigenvalue weighted by Crippen LogP contribution is -2.11. The Morgan fingerprint density at radius 1 is 0.917 bits per heavy atom. The van der Waals surface area contributed by atoms with Crippen LogP contribution in [0.1, 0.15) is 15.2 Å². The molecule has 1 heterocycles. The van der Waals surface area contributed by atoms with Crippen molar-refractivity contribution in [3.05, 3.63) is 77.2 Å². The monoisotopic (exact) mass is 347 g/mol. The first-order valence-corrected chi connectivity index (χ1v) is 7.89. The number of amides is 1. The zero-order valence-electron chi connectivity index (χ0n) is 12.3. The number of hydrogen-bond acceptors (Lipinski definition) is 2. The van der Waals surface area contributed by atoms with E-state index in [9.17, 15) is 18.0 Å². The van der Waals surface area contributed by atoms with E-state index in [1.807, 2.05) is 36.4 Å². The number of benzene rings is 2. The molecule has 6 heteroatoms. The summed E-state index contributed by atoms with van der Waals surface area (Å²) in [5, 5.41) is 2.51. The van der Waals surface area contributed by atoms with Crippen molar-refractivity contribution in [2.24, 2.45) is 0 Å². The number of thiophene rings is 1. The van der Waals surface area contributed by atoms with Gasteiger partial charge in [0, 0.05) is 10.6 Å². The predicted molar refractivity (Wildman–Crippen MR) is 89.2 cm³/mol. The molecule has 2 nitrogen and oxygen atoms in total. The second-order valence-electron chi connectivity index (χ2n) is 5.06. The summed E-state index contributed by atoms with van der Waals surface area (Å²) in [6, 6.07) is 17.6. The van der Waals surface area contributed by atoms with Crippen LogP contribution >= 0.6 is 11.3 Å². The smallest absolute Gasteiger partial charge is 0.321 e. The van der Waals surface area contributed by atoms with Crippen LogP contribution in [-0.4, -0.2) is 5.91 Å². The molecule has 3 rings (SSSR count). The van der Waals surface area contributed by atoms with Crippen molar-refractivity contribution < 1.29 is 18.0 Å². The van der Waals surface area contributed by atoms with Crippen molar-refractivity contribution in [1.29, 1.82) is 0 Å². The molecule has 24 heavy (non-hydrogen) atoms. The van der Waals surface area contributed by atoms with E-state index in [1.54, 1.807) is 6.07 Å². The zero-order valence-corrected chi connectivity index (χ0v) is 13.1. The minimum Gasteiger partial charge on any atom is -0.321 e. The van der Waals surface area contributed by atoms with E-state index < -0.39 is 17.6 Å².